The maximum Gasteiger partial charge on any atom is 0.0646 e. The van der Waals surface area contributed by atoms with Crippen molar-refractivity contribution in [1.29, 1.82) is 0 Å². The van der Waals surface area contributed by atoms with Crippen LogP contribution < -0.4 is 10.4 Å². The molecule has 0 saturated heterocycles. The highest BCUT2D eigenvalue weighted by Gasteiger charge is 2.29. The first-order valence-corrected chi connectivity index (χ1v) is 9.87. The molecule has 0 amide bonds. The second-order valence-electron chi connectivity index (χ2n) is 8.59. The second kappa shape index (κ2) is 5.38. The summed E-state index contributed by atoms with van der Waals surface area (Å²) >= 11 is 0. The lowest BCUT2D eigenvalue weighted by molar-refractivity contribution is 0.462. The Bertz CT molecular complexity index is 1320. The van der Waals surface area contributed by atoms with Crippen molar-refractivity contribution in [3.8, 4) is 0 Å². The number of fused-ring (bicyclic) bond motifs is 5. The number of nitrogens with zero attached hydrogens (tertiary/aromatic N) is 1. The highest BCUT2D eigenvalue weighted by atomic mass is 15.1. The van der Waals surface area contributed by atoms with Crippen molar-refractivity contribution >= 4 is 27.5 Å². The first-order chi connectivity index (χ1) is 12.9. The fourth-order valence-corrected chi connectivity index (χ4v) is 4.41. The normalized spacial score (nSPS) is 20.8. The van der Waals surface area contributed by atoms with Crippen LogP contribution in [-0.4, -0.2) is 4.57 Å². The third kappa shape index (κ3) is 2.32. The fourth-order valence-electron chi connectivity index (χ4n) is 4.41. The largest absolute Gasteiger partial charge is 0.331 e. The van der Waals surface area contributed by atoms with E-state index in [-0.39, 0.29) is 11.0 Å². The molecule has 27 heavy (non-hydrogen) atoms. The molecule has 0 fully saturated rings. The first kappa shape index (κ1) is 16.4. The highest BCUT2D eigenvalue weighted by Crippen LogP contribution is 2.38. The molecule has 134 valence electrons. The van der Waals surface area contributed by atoms with Crippen LogP contribution >= 0.6 is 0 Å². The Morgan fingerprint density at radius 1 is 1.04 bits per heavy atom. The summed E-state index contributed by atoms with van der Waals surface area (Å²) in [4.78, 5) is 0. The molecule has 3 aromatic rings. The van der Waals surface area contributed by atoms with Crippen molar-refractivity contribution in [3.63, 3.8) is 0 Å². The van der Waals surface area contributed by atoms with E-state index in [0.717, 1.165) is 6.42 Å². The van der Waals surface area contributed by atoms with E-state index in [4.69, 9.17) is 0 Å². The molecule has 1 atom stereocenters. The maximum atomic E-state index is 3.45. The fraction of sp³-hybridized carbons (Fsp3) is 0.269. The van der Waals surface area contributed by atoms with Crippen molar-refractivity contribution in [3.05, 3.63) is 82.8 Å². The van der Waals surface area contributed by atoms with E-state index in [2.05, 4.69) is 105 Å². The Balaban J connectivity index is 1.77. The quantitative estimate of drug-likeness (QED) is 0.486. The number of rotatable bonds is 3. The van der Waals surface area contributed by atoms with Gasteiger partial charge in [0.15, 0.2) is 0 Å². The first-order valence-electron chi connectivity index (χ1n) is 9.87. The van der Waals surface area contributed by atoms with E-state index in [0.29, 0.717) is 0 Å². The minimum absolute atomic E-state index is 0.129. The average Bonchev–Trinajstić information content (AvgIpc) is 3.40. The predicted octanol–water partition coefficient (Wildman–Crippen LogP) is 5.06. The smallest absolute Gasteiger partial charge is 0.0646 e. The Morgan fingerprint density at radius 2 is 1.85 bits per heavy atom. The summed E-state index contributed by atoms with van der Waals surface area (Å²) in [5.74, 6) is 0. The van der Waals surface area contributed by atoms with E-state index >= 15 is 0 Å². The monoisotopic (exact) mass is 351 g/mol. The van der Waals surface area contributed by atoms with Crippen LogP contribution in [0.1, 0.15) is 34.1 Å². The van der Waals surface area contributed by atoms with Crippen LogP contribution in [-0.2, 0) is 5.54 Å². The topological polar surface area (TPSA) is 4.93 Å². The Kier molecular flexibility index (Phi) is 3.27. The van der Waals surface area contributed by atoms with Gasteiger partial charge in [0.05, 0.1) is 11.1 Å². The third-order valence-electron chi connectivity index (χ3n) is 6.46. The molecule has 1 nitrogen and oxygen atoms in total. The van der Waals surface area contributed by atoms with Gasteiger partial charge in [-0.1, -0.05) is 62.4 Å². The van der Waals surface area contributed by atoms with Gasteiger partial charge in [0, 0.05) is 32.1 Å². The molecule has 0 radical (unpaired) electrons. The molecule has 0 N–H and O–H groups in total. The summed E-state index contributed by atoms with van der Waals surface area (Å²) in [6.45, 7) is 9.21. The highest BCUT2D eigenvalue weighted by molar-refractivity contribution is 6.09. The standard InChI is InChI=1S/C26H25N/c1-5-26(4)15-8-9-19(14-16-26)25(2,3)27-22-11-7-6-10-20(22)24-21-17-18(21)12-13-23(24)27/h6-16H,5H2,1-4H3. The molecule has 2 aliphatic carbocycles. The molecular formula is C26H25N. The van der Waals surface area contributed by atoms with Gasteiger partial charge in [-0.05, 0) is 44.0 Å². The third-order valence-corrected chi connectivity index (χ3v) is 6.46. The molecular weight excluding hydrogens is 326 g/mol. The van der Waals surface area contributed by atoms with Gasteiger partial charge in [0.1, 0.15) is 0 Å². The number of benzene rings is 2. The van der Waals surface area contributed by atoms with Crippen molar-refractivity contribution in [1.82, 2.24) is 4.57 Å². The number of aromatic nitrogens is 1. The SMILES string of the molecule is CCC1(C)C=CC=C(C(C)(C)n2c3ccccc3c3c4c(ccc32)=C=4)C=C1. The van der Waals surface area contributed by atoms with Gasteiger partial charge in [-0.25, -0.2) is 0 Å². The summed E-state index contributed by atoms with van der Waals surface area (Å²) in [7, 11) is 0. The van der Waals surface area contributed by atoms with Gasteiger partial charge in [0.2, 0.25) is 0 Å². The molecule has 0 bridgehead atoms. The van der Waals surface area contributed by atoms with E-state index < -0.39 is 0 Å². The van der Waals surface area contributed by atoms with Gasteiger partial charge in [-0.15, -0.1) is 5.73 Å². The van der Waals surface area contributed by atoms with Crippen LogP contribution in [0.2, 0.25) is 0 Å². The van der Waals surface area contributed by atoms with E-state index in [1.54, 1.807) is 0 Å². The molecule has 2 aliphatic rings. The lowest BCUT2D eigenvalue weighted by Crippen LogP contribution is -2.28. The van der Waals surface area contributed by atoms with Crippen molar-refractivity contribution < 1.29 is 0 Å². The lowest BCUT2D eigenvalue weighted by atomic mass is 9.86. The zero-order chi connectivity index (χ0) is 18.8. The van der Waals surface area contributed by atoms with Gasteiger partial charge in [-0.2, -0.15) is 0 Å². The van der Waals surface area contributed by atoms with Crippen LogP contribution in [0.15, 0.2) is 72.4 Å². The molecule has 0 saturated carbocycles. The van der Waals surface area contributed by atoms with Gasteiger partial charge < -0.3 is 4.57 Å². The maximum absolute atomic E-state index is 3.45. The molecule has 5 rings (SSSR count). The summed E-state index contributed by atoms with van der Waals surface area (Å²) < 4.78 is 2.51. The van der Waals surface area contributed by atoms with Gasteiger partial charge >= 0.3 is 0 Å². The van der Waals surface area contributed by atoms with Crippen LogP contribution in [0.5, 0.6) is 0 Å². The Morgan fingerprint density at radius 3 is 2.67 bits per heavy atom. The Hall–Kier alpha value is -2.76. The van der Waals surface area contributed by atoms with Crippen LogP contribution in [0.4, 0.5) is 0 Å². The predicted molar refractivity (Wildman–Crippen MR) is 115 cm³/mol. The molecule has 0 aliphatic heterocycles. The summed E-state index contributed by atoms with van der Waals surface area (Å²) in [6.07, 6.45) is 12.6. The summed E-state index contributed by atoms with van der Waals surface area (Å²) in [5, 5.41) is 5.23. The second-order valence-corrected chi connectivity index (χ2v) is 8.59. The van der Waals surface area contributed by atoms with Gasteiger partial charge in [-0.3, -0.25) is 0 Å². The molecule has 1 heteroatoms. The van der Waals surface area contributed by atoms with Crippen molar-refractivity contribution in [2.75, 3.05) is 0 Å². The van der Waals surface area contributed by atoms with E-state index in [1.807, 2.05) is 0 Å². The van der Waals surface area contributed by atoms with Crippen molar-refractivity contribution in [2.45, 2.75) is 39.7 Å². The van der Waals surface area contributed by atoms with Crippen molar-refractivity contribution in [2.24, 2.45) is 5.41 Å². The van der Waals surface area contributed by atoms with E-state index in [9.17, 15) is 0 Å². The zero-order valence-corrected chi connectivity index (χ0v) is 16.5. The van der Waals surface area contributed by atoms with E-state index in [1.165, 1.54) is 37.8 Å². The minimum Gasteiger partial charge on any atom is -0.331 e. The number of allylic oxidation sites excluding steroid dienone is 6. The molecule has 2 aromatic carbocycles. The number of para-hydroxylation sites is 1. The lowest BCUT2D eigenvalue weighted by Gasteiger charge is -2.31. The molecule has 1 heterocycles. The van der Waals surface area contributed by atoms with Gasteiger partial charge in [0.25, 0.3) is 0 Å². The zero-order valence-electron chi connectivity index (χ0n) is 16.5. The van der Waals surface area contributed by atoms with Crippen LogP contribution in [0.3, 0.4) is 0 Å². The average molecular weight is 351 g/mol. The molecule has 1 aromatic heterocycles. The number of hydrogen-bond acceptors (Lipinski definition) is 0. The number of hydrogen-bond donors (Lipinski definition) is 0. The Labute approximate surface area is 160 Å². The molecule has 1 unspecified atom stereocenters. The summed E-state index contributed by atoms with van der Waals surface area (Å²) in [6, 6.07) is 13.2. The summed E-state index contributed by atoms with van der Waals surface area (Å²) in [5.41, 5.74) is 7.33. The van der Waals surface area contributed by atoms with Crippen LogP contribution in [0.25, 0.3) is 27.5 Å². The minimum atomic E-state index is -0.162. The van der Waals surface area contributed by atoms with Crippen LogP contribution in [0, 0.1) is 5.41 Å². The molecule has 0 spiro atoms.